The van der Waals surface area contributed by atoms with Gasteiger partial charge in [-0.2, -0.15) is 0 Å². The summed E-state index contributed by atoms with van der Waals surface area (Å²) in [5.41, 5.74) is 1.20. The summed E-state index contributed by atoms with van der Waals surface area (Å²) in [6.07, 6.45) is 3.33. The van der Waals surface area contributed by atoms with E-state index in [-0.39, 0.29) is 23.5 Å². The van der Waals surface area contributed by atoms with Crippen molar-refractivity contribution in [1.82, 2.24) is 0 Å². The molecule has 0 aromatic rings. The maximum atomic E-state index is 10.4. The zero-order valence-corrected chi connectivity index (χ0v) is 11.3. The van der Waals surface area contributed by atoms with Crippen molar-refractivity contribution in [2.45, 2.75) is 58.7 Å². The predicted octanol–water partition coefficient (Wildman–Crippen LogP) is 2.75. The first-order valence-electron chi connectivity index (χ1n) is 6.91. The molecule has 2 aliphatic rings. The Labute approximate surface area is 105 Å². The Kier molecular flexibility index (Phi) is 3.39. The van der Waals surface area contributed by atoms with Gasteiger partial charge < -0.3 is 10.2 Å². The maximum absolute atomic E-state index is 10.4. The van der Waals surface area contributed by atoms with Crippen LogP contribution >= 0.6 is 0 Å². The molecule has 0 amide bonds. The Hall–Kier alpha value is -0.340. The highest BCUT2D eigenvalue weighted by molar-refractivity contribution is 5.18. The van der Waals surface area contributed by atoms with Crippen LogP contribution in [0.2, 0.25) is 0 Å². The van der Waals surface area contributed by atoms with Crippen LogP contribution in [0, 0.1) is 23.2 Å². The van der Waals surface area contributed by atoms with E-state index in [4.69, 9.17) is 0 Å². The molecular formula is C15H26O2. The molecule has 5 atom stereocenters. The van der Waals surface area contributed by atoms with Crippen LogP contribution in [0.1, 0.15) is 46.5 Å². The summed E-state index contributed by atoms with van der Waals surface area (Å²) in [6.45, 7) is 10.5. The lowest BCUT2D eigenvalue weighted by Crippen LogP contribution is -2.44. The van der Waals surface area contributed by atoms with E-state index in [1.165, 1.54) is 5.57 Å². The molecule has 0 aromatic heterocycles. The third kappa shape index (κ3) is 1.96. The molecule has 0 saturated heterocycles. The number of allylic oxidation sites excluding steroid dienone is 1. The van der Waals surface area contributed by atoms with Gasteiger partial charge in [-0.15, -0.1) is 0 Å². The molecule has 2 fully saturated rings. The topological polar surface area (TPSA) is 40.5 Å². The van der Waals surface area contributed by atoms with Crippen molar-refractivity contribution in [3.8, 4) is 0 Å². The van der Waals surface area contributed by atoms with E-state index < -0.39 is 0 Å². The summed E-state index contributed by atoms with van der Waals surface area (Å²) >= 11 is 0. The van der Waals surface area contributed by atoms with Crippen LogP contribution in [-0.4, -0.2) is 22.4 Å². The summed E-state index contributed by atoms with van der Waals surface area (Å²) in [5.74, 6) is 0.889. The van der Waals surface area contributed by atoms with Crippen molar-refractivity contribution < 1.29 is 10.2 Å². The minimum absolute atomic E-state index is 0.0458. The van der Waals surface area contributed by atoms with E-state index in [1.807, 2.05) is 0 Å². The van der Waals surface area contributed by atoms with Gasteiger partial charge in [-0.25, -0.2) is 0 Å². The van der Waals surface area contributed by atoms with E-state index in [9.17, 15) is 10.2 Å². The largest absolute Gasteiger partial charge is 0.393 e. The third-order valence-electron chi connectivity index (χ3n) is 5.22. The van der Waals surface area contributed by atoms with Gasteiger partial charge in [0.15, 0.2) is 0 Å². The smallest absolute Gasteiger partial charge is 0.0602 e. The lowest BCUT2D eigenvalue weighted by molar-refractivity contribution is -0.0320. The molecular weight excluding hydrogens is 212 g/mol. The van der Waals surface area contributed by atoms with Gasteiger partial charge in [0.25, 0.3) is 0 Å². The third-order valence-corrected chi connectivity index (χ3v) is 5.22. The van der Waals surface area contributed by atoms with Gasteiger partial charge in [0.1, 0.15) is 0 Å². The standard InChI is InChI=1S/C15H26O2/c1-9(2)14(17)11-7-8-15(4)12(16)6-5-10(3)13(11)15/h9,11-14,16-17H,3,5-8H2,1-2,4H3. The lowest BCUT2D eigenvalue weighted by Gasteiger charge is -2.45. The molecule has 2 saturated carbocycles. The Balaban J connectivity index is 2.26. The Bertz CT molecular complexity index is 310. The molecule has 0 heterocycles. The minimum Gasteiger partial charge on any atom is -0.393 e. The van der Waals surface area contributed by atoms with Gasteiger partial charge in [0, 0.05) is 5.41 Å². The van der Waals surface area contributed by atoms with E-state index in [0.717, 1.165) is 25.7 Å². The SMILES string of the molecule is C=C1CCC(O)C2(C)CCC(C(O)C(C)C)C12. The number of fused-ring (bicyclic) bond motifs is 1. The van der Waals surface area contributed by atoms with Gasteiger partial charge in [-0.3, -0.25) is 0 Å². The van der Waals surface area contributed by atoms with Crippen molar-refractivity contribution in [3.63, 3.8) is 0 Å². The molecule has 0 aromatic carbocycles. The molecule has 98 valence electrons. The monoisotopic (exact) mass is 238 g/mol. The molecule has 2 nitrogen and oxygen atoms in total. The summed E-state index contributed by atoms with van der Waals surface area (Å²) in [7, 11) is 0. The number of hydrogen-bond acceptors (Lipinski definition) is 2. The molecule has 2 aliphatic carbocycles. The maximum Gasteiger partial charge on any atom is 0.0602 e. The molecule has 2 heteroatoms. The van der Waals surface area contributed by atoms with Crippen LogP contribution in [0.3, 0.4) is 0 Å². The lowest BCUT2D eigenvalue weighted by atomic mass is 9.62. The zero-order valence-electron chi connectivity index (χ0n) is 11.3. The van der Waals surface area contributed by atoms with E-state index in [2.05, 4.69) is 27.4 Å². The molecule has 2 N–H and O–H groups in total. The van der Waals surface area contributed by atoms with Crippen LogP contribution in [0.4, 0.5) is 0 Å². The number of hydrogen-bond donors (Lipinski definition) is 2. The average molecular weight is 238 g/mol. The fourth-order valence-corrected chi connectivity index (χ4v) is 4.10. The summed E-state index contributed by atoms with van der Waals surface area (Å²) < 4.78 is 0. The van der Waals surface area contributed by atoms with Crippen molar-refractivity contribution in [3.05, 3.63) is 12.2 Å². The Morgan fingerprint density at radius 1 is 1.35 bits per heavy atom. The van der Waals surface area contributed by atoms with Gasteiger partial charge in [-0.1, -0.05) is 32.9 Å². The summed E-state index contributed by atoms with van der Waals surface area (Å²) in [6, 6.07) is 0. The highest BCUT2D eigenvalue weighted by Crippen LogP contribution is 2.57. The predicted molar refractivity (Wildman–Crippen MR) is 69.5 cm³/mol. The van der Waals surface area contributed by atoms with E-state index >= 15 is 0 Å². The van der Waals surface area contributed by atoms with Crippen LogP contribution in [0.25, 0.3) is 0 Å². The van der Waals surface area contributed by atoms with Crippen LogP contribution in [0.15, 0.2) is 12.2 Å². The summed E-state index contributed by atoms with van der Waals surface area (Å²) in [5, 5.41) is 20.6. The van der Waals surface area contributed by atoms with Crippen LogP contribution in [0.5, 0.6) is 0 Å². The van der Waals surface area contributed by atoms with E-state index in [1.54, 1.807) is 0 Å². The fourth-order valence-electron chi connectivity index (χ4n) is 4.10. The van der Waals surface area contributed by atoms with E-state index in [0.29, 0.717) is 11.8 Å². The van der Waals surface area contributed by atoms with Crippen molar-refractivity contribution in [2.75, 3.05) is 0 Å². The average Bonchev–Trinajstić information content (AvgIpc) is 2.63. The van der Waals surface area contributed by atoms with Crippen LogP contribution < -0.4 is 0 Å². The normalized spacial score (nSPS) is 43.9. The van der Waals surface area contributed by atoms with Gasteiger partial charge in [0.2, 0.25) is 0 Å². The second-order valence-corrected chi connectivity index (χ2v) is 6.63. The van der Waals surface area contributed by atoms with Crippen LogP contribution in [-0.2, 0) is 0 Å². The molecule has 17 heavy (non-hydrogen) atoms. The quantitative estimate of drug-likeness (QED) is 0.726. The Morgan fingerprint density at radius 2 is 2.00 bits per heavy atom. The van der Waals surface area contributed by atoms with Crippen molar-refractivity contribution >= 4 is 0 Å². The minimum atomic E-state index is -0.260. The molecule has 5 unspecified atom stereocenters. The highest BCUT2D eigenvalue weighted by atomic mass is 16.3. The number of aliphatic hydroxyl groups excluding tert-OH is 2. The molecule has 0 spiro atoms. The fraction of sp³-hybridized carbons (Fsp3) is 0.867. The highest BCUT2D eigenvalue weighted by Gasteiger charge is 2.54. The zero-order chi connectivity index (χ0) is 12.8. The second-order valence-electron chi connectivity index (χ2n) is 6.63. The van der Waals surface area contributed by atoms with Gasteiger partial charge in [-0.05, 0) is 43.4 Å². The molecule has 0 bridgehead atoms. The number of aliphatic hydroxyl groups is 2. The Morgan fingerprint density at radius 3 is 2.59 bits per heavy atom. The van der Waals surface area contributed by atoms with Gasteiger partial charge >= 0.3 is 0 Å². The van der Waals surface area contributed by atoms with Crippen molar-refractivity contribution in [2.24, 2.45) is 23.2 Å². The first-order valence-corrected chi connectivity index (χ1v) is 6.91. The molecule has 0 radical (unpaired) electrons. The molecule has 2 rings (SSSR count). The molecule has 0 aliphatic heterocycles. The van der Waals surface area contributed by atoms with Crippen molar-refractivity contribution in [1.29, 1.82) is 0 Å². The first-order chi connectivity index (χ1) is 7.88. The summed E-state index contributed by atoms with van der Waals surface area (Å²) in [4.78, 5) is 0. The van der Waals surface area contributed by atoms with Gasteiger partial charge in [0.05, 0.1) is 12.2 Å². The first kappa shape index (κ1) is 13.1. The second kappa shape index (κ2) is 4.40. The number of rotatable bonds is 2.